The van der Waals surface area contributed by atoms with Gasteiger partial charge >= 0.3 is 0 Å². The average molecular weight is 252 g/mol. The molecule has 0 radical (unpaired) electrons. The van der Waals surface area contributed by atoms with Gasteiger partial charge < -0.3 is 10.5 Å². The summed E-state index contributed by atoms with van der Waals surface area (Å²) in [5.74, 6) is 0.513. The Labute approximate surface area is 107 Å². The zero-order chi connectivity index (χ0) is 13.5. The molecule has 1 unspecified atom stereocenters. The zero-order valence-electron chi connectivity index (χ0n) is 10.9. The standard InChI is InChI=1S/C13H20N2O3/c1-3-4-10(2)8-18-9-11-5-6-12(14)13(7-11)15(16)17/h5-7,10H,3-4,8-9,14H2,1-2H3. The number of nitrogens with two attached hydrogens (primary N) is 1. The molecule has 1 atom stereocenters. The predicted octanol–water partition coefficient (Wildman–Crippen LogP) is 3.13. The second kappa shape index (κ2) is 6.96. The second-order valence-electron chi connectivity index (χ2n) is 4.56. The molecule has 0 aliphatic carbocycles. The maximum absolute atomic E-state index is 10.7. The lowest BCUT2D eigenvalue weighted by molar-refractivity contribution is -0.384. The average Bonchev–Trinajstić information content (AvgIpc) is 2.31. The second-order valence-corrected chi connectivity index (χ2v) is 4.56. The van der Waals surface area contributed by atoms with Crippen LogP contribution in [-0.4, -0.2) is 11.5 Å². The van der Waals surface area contributed by atoms with E-state index in [4.69, 9.17) is 10.5 Å². The summed E-state index contributed by atoms with van der Waals surface area (Å²) in [5, 5.41) is 10.7. The predicted molar refractivity (Wildman–Crippen MR) is 71.2 cm³/mol. The molecule has 0 aliphatic heterocycles. The van der Waals surface area contributed by atoms with Gasteiger partial charge in [-0.25, -0.2) is 0 Å². The molecule has 1 rings (SSSR count). The highest BCUT2D eigenvalue weighted by Crippen LogP contribution is 2.22. The van der Waals surface area contributed by atoms with Crippen LogP contribution in [-0.2, 0) is 11.3 Å². The Bertz CT molecular complexity index is 407. The SMILES string of the molecule is CCCC(C)COCc1ccc(N)c([N+](=O)[O-])c1. The van der Waals surface area contributed by atoms with Crippen molar-refractivity contribution in [1.29, 1.82) is 0 Å². The van der Waals surface area contributed by atoms with Crippen LogP contribution in [0, 0.1) is 16.0 Å². The number of ether oxygens (including phenoxy) is 1. The lowest BCUT2D eigenvalue weighted by atomic mass is 10.1. The Balaban J connectivity index is 2.53. The van der Waals surface area contributed by atoms with Crippen LogP contribution >= 0.6 is 0 Å². The van der Waals surface area contributed by atoms with E-state index in [0.717, 1.165) is 18.4 Å². The molecule has 5 heteroatoms. The Morgan fingerprint density at radius 3 is 2.83 bits per heavy atom. The van der Waals surface area contributed by atoms with Crippen molar-refractivity contribution in [1.82, 2.24) is 0 Å². The highest BCUT2D eigenvalue weighted by molar-refractivity contribution is 5.59. The Hall–Kier alpha value is -1.62. The molecule has 2 N–H and O–H groups in total. The Kier molecular flexibility index (Phi) is 5.58. The molecule has 0 aromatic heterocycles. The molecule has 0 spiro atoms. The summed E-state index contributed by atoms with van der Waals surface area (Å²) in [4.78, 5) is 10.3. The van der Waals surface area contributed by atoms with E-state index >= 15 is 0 Å². The van der Waals surface area contributed by atoms with E-state index in [2.05, 4.69) is 13.8 Å². The van der Waals surface area contributed by atoms with Crippen molar-refractivity contribution in [2.45, 2.75) is 33.3 Å². The van der Waals surface area contributed by atoms with Gasteiger partial charge in [0.05, 0.1) is 11.5 Å². The minimum absolute atomic E-state index is 0.0577. The molecule has 0 amide bonds. The van der Waals surface area contributed by atoms with Crippen molar-refractivity contribution < 1.29 is 9.66 Å². The summed E-state index contributed by atoms with van der Waals surface area (Å²) in [6.07, 6.45) is 2.26. The van der Waals surface area contributed by atoms with Gasteiger partial charge in [0, 0.05) is 12.7 Å². The monoisotopic (exact) mass is 252 g/mol. The van der Waals surface area contributed by atoms with E-state index in [1.54, 1.807) is 12.1 Å². The molecular formula is C13H20N2O3. The Morgan fingerprint density at radius 2 is 2.22 bits per heavy atom. The van der Waals surface area contributed by atoms with Crippen LogP contribution in [0.15, 0.2) is 18.2 Å². The van der Waals surface area contributed by atoms with Gasteiger partial charge in [-0.15, -0.1) is 0 Å². The van der Waals surface area contributed by atoms with Gasteiger partial charge in [-0.1, -0.05) is 26.3 Å². The van der Waals surface area contributed by atoms with E-state index < -0.39 is 4.92 Å². The summed E-state index contributed by atoms with van der Waals surface area (Å²) in [7, 11) is 0. The summed E-state index contributed by atoms with van der Waals surface area (Å²) in [6, 6.07) is 4.78. The molecule has 0 heterocycles. The number of rotatable bonds is 7. The van der Waals surface area contributed by atoms with Crippen molar-refractivity contribution in [2.75, 3.05) is 12.3 Å². The Morgan fingerprint density at radius 1 is 1.50 bits per heavy atom. The van der Waals surface area contributed by atoms with E-state index in [9.17, 15) is 10.1 Å². The minimum Gasteiger partial charge on any atom is -0.393 e. The molecule has 0 bridgehead atoms. The molecule has 0 saturated carbocycles. The van der Waals surface area contributed by atoms with Gasteiger partial charge in [0.1, 0.15) is 5.69 Å². The first-order valence-electron chi connectivity index (χ1n) is 6.15. The maximum atomic E-state index is 10.7. The first-order valence-corrected chi connectivity index (χ1v) is 6.15. The molecule has 5 nitrogen and oxygen atoms in total. The number of nitrogen functional groups attached to an aromatic ring is 1. The van der Waals surface area contributed by atoms with E-state index in [-0.39, 0.29) is 11.4 Å². The molecular weight excluding hydrogens is 232 g/mol. The van der Waals surface area contributed by atoms with Crippen molar-refractivity contribution in [3.8, 4) is 0 Å². The number of nitrogens with zero attached hydrogens (tertiary/aromatic N) is 1. The van der Waals surface area contributed by atoms with Crippen LogP contribution in [0.2, 0.25) is 0 Å². The van der Waals surface area contributed by atoms with Gasteiger partial charge in [-0.3, -0.25) is 10.1 Å². The molecule has 100 valence electrons. The molecule has 0 saturated heterocycles. The van der Waals surface area contributed by atoms with Gasteiger partial charge in [-0.05, 0) is 24.0 Å². The van der Waals surface area contributed by atoms with Crippen LogP contribution < -0.4 is 5.73 Å². The topological polar surface area (TPSA) is 78.4 Å². The summed E-state index contributed by atoms with van der Waals surface area (Å²) >= 11 is 0. The van der Waals surface area contributed by atoms with E-state index in [1.165, 1.54) is 6.07 Å². The molecule has 0 fully saturated rings. The minimum atomic E-state index is -0.474. The first-order chi connectivity index (χ1) is 8.54. The summed E-state index contributed by atoms with van der Waals surface area (Å²) < 4.78 is 5.55. The fourth-order valence-corrected chi connectivity index (χ4v) is 1.79. The van der Waals surface area contributed by atoms with Crippen molar-refractivity contribution >= 4 is 11.4 Å². The normalized spacial score (nSPS) is 12.3. The van der Waals surface area contributed by atoms with Gasteiger partial charge in [-0.2, -0.15) is 0 Å². The number of hydrogen-bond acceptors (Lipinski definition) is 4. The van der Waals surface area contributed by atoms with Gasteiger partial charge in [0.25, 0.3) is 5.69 Å². The van der Waals surface area contributed by atoms with E-state index in [1.807, 2.05) is 0 Å². The van der Waals surface area contributed by atoms with Gasteiger partial charge in [0.2, 0.25) is 0 Å². The lowest BCUT2D eigenvalue weighted by Crippen LogP contribution is -2.06. The highest BCUT2D eigenvalue weighted by Gasteiger charge is 2.11. The fraction of sp³-hybridized carbons (Fsp3) is 0.538. The summed E-state index contributed by atoms with van der Waals surface area (Å²) in [6.45, 7) is 5.33. The smallest absolute Gasteiger partial charge is 0.292 e. The van der Waals surface area contributed by atoms with Crippen LogP contribution in [0.3, 0.4) is 0 Å². The van der Waals surface area contributed by atoms with Crippen molar-refractivity contribution in [2.24, 2.45) is 5.92 Å². The van der Waals surface area contributed by atoms with Gasteiger partial charge in [0.15, 0.2) is 0 Å². The molecule has 1 aromatic rings. The maximum Gasteiger partial charge on any atom is 0.292 e. The lowest BCUT2D eigenvalue weighted by Gasteiger charge is -2.10. The van der Waals surface area contributed by atoms with Crippen molar-refractivity contribution in [3.05, 3.63) is 33.9 Å². The number of anilines is 1. The fourth-order valence-electron chi connectivity index (χ4n) is 1.79. The van der Waals surface area contributed by atoms with E-state index in [0.29, 0.717) is 19.1 Å². The molecule has 18 heavy (non-hydrogen) atoms. The third-order valence-electron chi connectivity index (χ3n) is 2.74. The van der Waals surface area contributed by atoms with Crippen LogP contribution in [0.5, 0.6) is 0 Å². The van der Waals surface area contributed by atoms with Crippen molar-refractivity contribution in [3.63, 3.8) is 0 Å². The third kappa shape index (κ3) is 4.33. The largest absolute Gasteiger partial charge is 0.393 e. The third-order valence-corrected chi connectivity index (χ3v) is 2.74. The van der Waals surface area contributed by atoms with Crippen LogP contribution in [0.4, 0.5) is 11.4 Å². The summed E-state index contributed by atoms with van der Waals surface area (Å²) in [5.41, 5.74) is 6.43. The number of benzene rings is 1. The quantitative estimate of drug-likeness (QED) is 0.459. The molecule has 0 aliphatic rings. The first kappa shape index (κ1) is 14.4. The van der Waals surface area contributed by atoms with Crippen LogP contribution in [0.25, 0.3) is 0 Å². The number of hydrogen-bond donors (Lipinski definition) is 1. The zero-order valence-corrected chi connectivity index (χ0v) is 10.9. The highest BCUT2D eigenvalue weighted by atomic mass is 16.6. The number of nitro groups is 1. The van der Waals surface area contributed by atoms with Crippen LogP contribution in [0.1, 0.15) is 32.3 Å². The molecule has 1 aromatic carbocycles. The number of nitro benzene ring substituents is 1.